The molecule has 8 nitrogen and oxygen atoms in total. The molecule has 106 valence electrons. The molecule has 1 atom stereocenters. The molecule has 0 aromatic heterocycles. The van der Waals surface area contributed by atoms with Gasteiger partial charge in [-0.25, -0.2) is 4.79 Å². The molecule has 0 bridgehead atoms. The van der Waals surface area contributed by atoms with Gasteiger partial charge in [-0.15, -0.1) is 11.6 Å². The number of alkyl halides is 1. The number of rotatable bonds is 5. The summed E-state index contributed by atoms with van der Waals surface area (Å²) in [7, 11) is 1.28. The van der Waals surface area contributed by atoms with Crippen molar-refractivity contribution in [3.8, 4) is 0 Å². The van der Waals surface area contributed by atoms with Crippen LogP contribution in [0.2, 0.25) is 0 Å². The molecule has 9 heteroatoms. The Labute approximate surface area is 114 Å². The van der Waals surface area contributed by atoms with Gasteiger partial charge in [0.15, 0.2) is 5.54 Å². The van der Waals surface area contributed by atoms with Gasteiger partial charge in [-0.2, -0.15) is 0 Å². The first kappa shape index (κ1) is 15.3. The normalized spacial score (nSPS) is 22.8. The summed E-state index contributed by atoms with van der Waals surface area (Å²) in [6.07, 6.45) is 0.746. The minimum Gasteiger partial charge on any atom is -0.498 e. The van der Waals surface area contributed by atoms with E-state index in [4.69, 9.17) is 32.5 Å². The topological polar surface area (TPSA) is 131 Å². The number of carbonyl (C=O) groups excluding carboxylic acids is 1. The highest BCUT2D eigenvalue weighted by molar-refractivity contribution is 6.18. The lowest BCUT2D eigenvalue weighted by molar-refractivity contribution is -0.430. The molecule has 1 aliphatic rings. The maximum absolute atomic E-state index is 11.9. The van der Waals surface area contributed by atoms with E-state index in [9.17, 15) is 14.9 Å². The lowest BCUT2D eigenvalue weighted by atomic mass is 9.87. The Morgan fingerprint density at radius 2 is 2.32 bits per heavy atom. The summed E-state index contributed by atoms with van der Waals surface area (Å²) >= 11 is 5.40. The molecule has 0 aromatic carbocycles. The van der Waals surface area contributed by atoms with E-state index >= 15 is 0 Å². The number of methoxy groups -OCH3 is 1. The number of esters is 1. The summed E-state index contributed by atoms with van der Waals surface area (Å²) in [6, 6.07) is 0. The number of hydrogen-bond donors (Lipinski definition) is 2. The third-order valence-electron chi connectivity index (χ3n) is 2.62. The van der Waals surface area contributed by atoms with Gasteiger partial charge >= 0.3 is 5.97 Å². The van der Waals surface area contributed by atoms with E-state index in [-0.39, 0.29) is 29.6 Å². The molecule has 0 saturated carbocycles. The Kier molecular flexibility index (Phi) is 4.73. The van der Waals surface area contributed by atoms with Gasteiger partial charge in [0.25, 0.3) is 5.70 Å². The predicted octanol–water partition coefficient (Wildman–Crippen LogP) is -0.153. The molecule has 0 spiro atoms. The largest absolute Gasteiger partial charge is 0.498 e. The molecule has 0 heterocycles. The Morgan fingerprint density at radius 3 is 2.79 bits per heavy atom. The minimum atomic E-state index is -1.77. The summed E-state index contributed by atoms with van der Waals surface area (Å²) in [5.41, 5.74) is 9.17. The zero-order valence-electron chi connectivity index (χ0n) is 10.2. The second kappa shape index (κ2) is 5.89. The minimum absolute atomic E-state index is 0.00942. The van der Waals surface area contributed by atoms with E-state index in [1.165, 1.54) is 7.11 Å². The average Bonchev–Trinajstić information content (AvgIpc) is 2.37. The second-order valence-corrected chi connectivity index (χ2v) is 4.22. The van der Waals surface area contributed by atoms with Crippen LogP contribution < -0.4 is 11.5 Å². The molecule has 1 unspecified atom stereocenters. The molecule has 0 fully saturated rings. The molecule has 1 aliphatic carbocycles. The molecule has 0 saturated heterocycles. The van der Waals surface area contributed by atoms with Crippen LogP contribution in [0.3, 0.4) is 0 Å². The van der Waals surface area contributed by atoms with E-state index < -0.39 is 22.9 Å². The fraction of sp³-hybridized carbons (Fsp3) is 0.500. The number of hydrogen-bond acceptors (Lipinski definition) is 7. The Bertz CT molecular complexity index is 462. The zero-order valence-corrected chi connectivity index (χ0v) is 11.0. The van der Waals surface area contributed by atoms with Gasteiger partial charge in [-0.05, 0) is 0 Å². The first-order valence-corrected chi connectivity index (χ1v) is 5.81. The molecular formula is C10H14ClN3O5. The third kappa shape index (κ3) is 2.96. The number of nitro groups is 1. The molecule has 0 aromatic rings. The van der Waals surface area contributed by atoms with Gasteiger partial charge in [-0.1, -0.05) is 0 Å². The number of halogens is 1. The number of ether oxygens (including phenoxy) is 2. The SMILES string of the molecule is COC1=CC(N)=C([N+](=O)[O-])CC1(N)C(=O)OCCCl. The summed E-state index contributed by atoms with van der Waals surface area (Å²) in [4.78, 5) is 22.1. The van der Waals surface area contributed by atoms with Gasteiger partial charge < -0.3 is 20.9 Å². The van der Waals surface area contributed by atoms with Crippen LogP contribution in [-0.2, 0) is 14.3 Å². The summed E-state index contributed by atoms with van der Waals surface area (Å²) in [5.74, 6) is -0.753. The van der Waals surface area contributed by atoms with Crippen molar-refractivity contribution in [3.05, 3.63) is 33.3 Å². The molecule has 0 aliphatic heterocycles. The van der Waals surface area contributed by atoms with Crippen LogP contribution in [0.25, 0.3) is 0 Å². The van der Waals surface area contributed by atoms with E-state index in [0.29, 0.717) is 0 Å². The van der Waals surface area contributed by atoms with Crippen molar-refractivity contribution in [2.24, 2.45) is 11.5 Å². The van der Waals surface area contributed by atoms with Gasteiger partial charge in [0.2, 0.25) is 0 Å². The maximum atomic E-state index is 11.9. The van der Waals surface area contributed by atoms with Crippen LogP contribution in [0.4, 0.5) is 0 Å². The van der Waals surface area contributed by atoms with E-state index in [2.05, 4.69) is 0 Å². The number of nitrogens with zero attached hydrogens (tertiary/aromatic N) is 1. The van der Waals surface area contributed by atoms with Crippen molar-refractivity contribution in [2.45, 2.75) is 12.0 Å². The van der Waals surface area contributed by atoms with Gasteiger partial charge in [0, 0.05) is 6.08 Å². The number of nitrogens with two attached hydrogens (primary N) is 2. The number of allylic oxidation sites excluding steroid dienone is 1. The van der Waals surface area contributed by atoms with Gasteiger partial charge in [-0.3, -0.25) is 10.1 Å². The quantitative estimate of drug-likeness (QED) is 0.311. The van der Waals surface area contributed by atoms with Crippen molar-refractivity contribution >= 4 is 17.6 Å². The standard InChI is InChI=1S/C10H14ClN3O5/c1-18-8-4-6(12)7(14(16)17)5-10(8,13)9(15)19-3-2-11/h4H,2-3,5,12-13H2,1H3. The highest BCUT2D eigenvalue weighted by Gasteiger charge is 2.48. The highest BCUT2D eigenvalue weighted by atomic mass is 35.5. The molecule has 19 heavy (non-hydrogen) atoms. The summed E-state index contributed by atoms with van der Waals surface area (Å²) < 4.78 is 9.80. The van der Waals surface area contributed by atoms with Gasteiger partial charge in [0.1, 0.15) is 18.1 Å². The monoisotopic (exact) mass is 291 g/mol. The Hall–Kier alpha value is -1.80. The van der Waals surface area contributed by atoms with Crippen LogP contribution in [0.15, 0.2) is 23.2 Å². The van der Waals surface area contributed by atoms with Crippen LogP contribution in [0.5, 0.6) is 0 Å². The van der Waals surface area contributed by atoms with Crippen LogP contribution in [-0.4, -0.2) is 36.0 Å². The van der Waals surface area contributed by atoms with Crippen molar-refractivity contribution < 1.29 is 19.2 Å². The second-order valence-electron chi connectivity index (χ2n) is 3.84. The molecule has 4 N–H and O–H groups in total. The lowest BCUT2D eigenvalue weighted by Gasteiger charge is -2.30. The fourth-order valence-corrected chi connectivity index (χ4v) is 1.73. The van der Waals surface area contributed by atoms with Crippen LogP contribution in [0, 0.1) is 10.1 Å². The average molecular weight is 292 g/mol. The van der Waals surface area contributed by atoms with Gasteiger partial charge in [0.05, 0.1) is 24.3 Å². The summed E-state index contributed by atoms with van der Waals surface area (Å²) in [5, 5.41) is 10.9. The highest BCUT2D eigenvalue weighted by Crippen LogP contribution is 2.31. The fourth-order valence-electron chi connectivity index (χ4n) is 1.65. The number of carbonyl (C=O) groups is 1. The summed E-state index contributed by atoms with van der Waals surface area (Å²) in [6.45, 7) is -0.0523. The van der Waals surface area contributed by atoms with E-state index in [1.54, 1.807) is 0 Å². The molecular weight excluding hydrogens is 278 g/mol. The zero-order chi connectivity index (χ0) is 14.6. The molecule has 0 amide bonds. The van der Waals surface area contributed by atoms with Crippen molar-refractivity contribution in [2.75, 3.05) is 19.6 Å². The smallest absolute Gasteiger partial charge is 0.334 e. The first-order chi connectivity index (χ1) is 8.86. The third-order valence-corrected chi connectivity index (χ3v) is 2.77. The van der Waals surface area contributed by atoms with Crippen LogP contribution in [0.1, 0.15) is 6.42 Å². The molecule has 1 rings (SSSR count). The lowest BCUT2D eigenvalue weighted by Crippen LogP contribution is -2.53. The predicted molar refractivity (Wildman–Crippen MR) is 66.5 cm³/mol. The van der Waals surface area contributed by atoms with Crippen LogP contribution >= 0.6 is 11.6 Å². The Balaban J connectivity index is 3.11. The van der Waals surface area contributed by atoms with Crippen molar-refractivity contribution in [3.63, 3.8) is 0 Å². The van der Waals surface area contributed by atoms with Crippen molar-refractivity contribution in [1.29, 1.82) is 0 Å². The van der Waals surface area contributed by atoms with Crippen molar-refractivity contribution in [1.82, 2.24) is 0 Å². The first-order valence-electron chi connectivity index (χ1n) is 5.28. The molecule has 0 radical (unpaired) electrons. The maximum Gasteiger partial charge on any atom is 0.334 e. The van der Waals surface area contributed by atoms with E-state index in [0.717, 1.165) is 6.08 Å². The Morgan fingerprint density at radius 1 is 1.68 bits per heavy atom. The van der Waals surface area contributed by atoms with E-state index in [1.807, 2.05) is 0 Å².